The third-order valence-corrected chi connectivity index (χ3v) is 2.31. The molecule has 0 heterocycles. The van der Waals surface area contributed by atoms with Crippen molar-refractivity contribution in [3.05, 3.63) is 6.92 Å². The van der Waals surface area contributed by atoms with E-state index in [-0.39, 0.29) is 0 Å². The van der Waals surface area contributed by atoms with Crippen molar-refractivity contribution >= 4 is 11.6 Å². The molecule has 0 saturated heterocycles. The van der Waals surface area contributed by atoms with Crippen molar-refractivity contribution in [2.45, 2.75) is 45.4 Å². The number of halogens is 1. The second-order valence-corrected chi connectivity index (χ2v) is 3.51. The molecule has 0 bridgehead atoms. The summed E-state index contributed by atoms with van der Waals surface area (Å²) in [6.07, 6.45) is 7.49. The van der Waals surface area contributed by atoms with Crippen LogP contribution in [0.25, 0.3) is 0 Å². The highest BCUT2D eigenvalue weighted by Gasteiger charge is 2.05. The van der Waals surface area contributed by atoms with Gasteiger partial charge in [-0.2, -0.15) is 0 Å². The molecule has 0 rings (SSSR count). The standard InChI is InChI=1S/C10H20Cl/c1-3-5-7-10(6-4-2)8-9-11/h10H,2-9H2,1H3. The van der Waals surface area contributed by atoms with Crippen molar-refractivity contribution in [2.24, 2.45) is 5.92 Å². The second kappa shape index (κ2) is 8.39. The minimum atomic E-state index is 0.814. The minimum Gasteiger partial charge on any atom is -0.127 e. The van der Waals surface area contributed by atoms with E-state index in [2.05, 4.69) is 13.8 Å². The molecule has 11 heavy (non-hydrogen) atoms. The van der Waals surface area contributed by atoms with Gasteiger partial charge in [0.2, 0.25) is 0 Å². The number of rotatable bonds is 7. The molecular formula is C10H20Cl. The monoisotopic (exact) mass is 175 g/mol. The van der Waals surface area contributed by atoms with Crippen LogP contribution in [0.15, 0.2) is 0 Å². The Morgan fingerprint density at radius 1 is 1.27 bits per heavy atom. The minimum absolute atomic E-state index is 0.814. The van der Waals surface area contributed by atoms with E-state index in [0.29, 0.717) is 0 Å². The Kier molecular flexibility index (Phi) is 8.61. The van der Waals surface area contributed by atoms with Gasteiger partial charge in [-0.15, -0.1) is 11.6 Å². The summed E-state index contributed by atoms with van der Waals surface area (Å²) >= 11 is 5.69. The van der Waals surface area contributed by atoms with Crippen LogP contribution in [-0.2, 0) is 0 Å². The van der Waals surface area contributed by atoms with Crippen molar-refractivity contribution in [1.82, 2.24) is 0 Å². The van der Waals surface area contributed by atoms with Gasteiger partial charge in [0, 0.05) is 5.88 Å². The summed E-state index contributed by atoms with van der Waals surface area (Å²) in [5, 5.41) is 0. The van der Waals surface area contributed by atoms with Crippen LogP contribution in [-0.4, -0.2) is 5.88 Å². The van der Waals surface area contributed by atoms with E-state index >= 15 is 0 Å². The number of hydrogen-bond acceptors (Lipinski definition) is 0. The maximum atomic E-state index is 5.69. The molecule has 0 nitrogen and oxygen atoms in total. The Hall–Kier alpha value is 0.290. The molecule has 1 radical (unpaired) electrons. The normalized spacial score (nSPS) is 13.4. The summed E-state index contributed by atoms with van der Waals surface area (Å²) in [7, 11) is 0. The topological polar surface area (TPSA) is 0 Å². The highest BCUT2D eigenvalue weighted by Crippen LogP contribution is 2.18. The van der Waals surface area contributed by atoms with Gasteiger partial charge in [-0.25, -0.2) is 0 Å². The summed E-state index contributed by atoms with van der Waals surface area (Å²) < 4.78 is 0. The van der Waals surface area contributed by atoms with Gasteiger partial charge in [0.05, 0.1) is 0 Å². The van der Waals surface area contributed by atoms with Crippen LogP contribution < -0.4 is 0 Å². The van der Waals surface area contributed by atoms with E-state index < -0.39 is 0 Å². The predicted octanol–water partition coefficient (Wildman–Crippen LogP) is 4.04. The molecule has 0 aromatic carbocycles. The first-order chi connectivity index (χ1) is 5.35. The van der Waals surface area contributed by atoms with Crippen LogP contribution in [0.3, 0.4) is 0 Å². The van der Waals surface area contributed by atoms with E-state index in [0.717, 1.165) is 18.2 Å². The predicted molar refractivity (Wildman–Crippen MR) is 52.9 cm³/mol. The van der Waals surface area contributed by atoms with E-state index in [4.69, 9.17) is 11.6 Å². The summed E-state index contributed by atoms with van der Waals surface area (Å²) in [5.41, 5.74) is 0. The lowest BCUT2D eigenvalue weighted by atomic mass is 9.95. The molecule has 0 aliphatic rings. The Morgan fingerprint density at radius 3 is 2.45 bits per heavy atom. The van der Waals surface area contributed by atoms with Gasteiger partial charge in [-0.3, -0.25) is 0 Å². The van der Waals surface area contributed by atoms with Gasteiger partial charge >= 0.3 is 0 Å². The molecule has 67 valence electrons. The van der Waals surface area contributed by atoms with Gasteiger partial charge in [0.25, 0.3) is 0 Å². The molecule has 0 fully saturated rings. The number of hydrogen-bond donors (Lipinski definition) is 0. The molecule has 0 spiro atoms. The molecule has 0 aromatic heterocycles. The third-order valence-electron chi connectivity index (χ3n) is 2.10. The third kappa shape index (κ3) is 6.68. The van der Waals surface area contributed by atoms with E-state index in [1.54, 1.807) is 0 Å². The van der Waals surface area contributed by atoms with Gasteiger partial charge < -0.3 is 0 Å². The fourth-order valence-electron chi connectivity index (χ4n) is 1.37. The smallest absolute Gasteiger partial charge is 0.0226 e. The van der Waals surface area contributed by atoms with Crippen molar-refractivity contribution in [2.75, 3.05) is 5.88 Å². The van der Waals surface area contributed by atoms with Gasteiger partial charge in [-0.1, -0.05) is 46.0 Å². The largest absolute Gasteiger partial charge is 0.127 e. The van der Waals surface area contributed by atoms with Crippen molar-refractivity contribution in [1.29, 1.82) is 0 Å². The molecule has 1 heteroatoms. The molecular weight excluding hydrogens is 156 g/mol. The zero-order valence-corrected chi connectivity index (χ0v) is 8.37. The van der Waals surface area contributed by atoms with Crippen LogP contribution in [0.1, 0.15) is 45.4 Å². The SMILES string of the molecule is [CH2]CCC(CCCl)CCCC. The molecule has 0 aromatic rings. The van der Waals surface area contributed by atoms with Gasteiger partial charge in [-0.05, 0) is 12.3 Å². The van der Waals surface area contributed by atoms with Crippen molar-refractivity contribution in [3.63, 3.8) is 0 Å². The summed E-state index contributed by atoms with van der Waals surface area (Å²) in [6.45, 7) is 6.11. The average molecular weight is 176 g/mol. The summed E-state index contributed by atoms with van der Waals surface area (Å²) in [4.78, 5) is 0. The Bertz CT molecular complexity index is 65.3. The van der Waals surface area contributed by atoms with Gasteiger partial charge in [0.1, 0.15) is 0 Å². The van der Waals surface area contributed by atoms with Crippen LogP contribution in [0.4, 0.5) is 0 Å². The lowest BCUT2D eigenvalue weighted by Gasteiger charge is -2.13. The Balaban J connectivity index is 3.34. The molecule has 0 aliphatic carbocycles. The van der Waals surface area contributed by atoms with Crippen LogP contribution in [0.5, 0.6) is 0 Å². The van der Waals surface area contributed by atoms with E-state index in [1.165, 1.54) is 32.1 Å². The number of alkyl halides is 1. The maximum Gasteiger partial charge on any atom is 0.0226 e. The zero-order valence-electron chi connectivity index (χ0n) is 7.61. The highest BCUT2D eigenvalue weighted by molar-refractivity contribution is 6.17. The highest BCUT2D eigenvalue weighted by atomic mass is 35.5. The Morgan fingerprint density at radius 2 is 2.00 bits per heavy atom. The molecule has 0 N–H and O–H groups in total. The van der Waals surface area contributed by atoms with Crippen molar-refractivity contribution in [3.8, 4) is 0 Å². The van der Waals surface area contributed by atoms with Gasteiger partial charge in [0.15, 0.2) is 0 Å². The van der Waals surface area contributed by atoms with E-state index in [9.17, 15) is 0 Å². The van der Waals surface area contributed by atoms with Crippen molar-refractivity contribution < 1.29 is 0 Å². The van der Waals surface area contributed by atoms with Crippen LogP contribution in [0, 0.1) is 12.8 Å². The molecule has 0 saturated carbocycles. The molecule has 0 amide bonds. The maximum absolute atomic E-state index is 5.69. The van der Waals surface area contributed by atoms with E-state index in [1.807, 2.05) is 0 Å². The first kappa shape index (κ1) is 11.3. The zero-order chi connectivity index (χ0) is 8.53. The number of unbranched alkanes of at least 4 members (excludes halogenated alkanes) is 1. The summed E-state index contributed by atoms with van der Waals surface area (Å²) in [6, 6.07) is 0. The molecule has 1 atom stereocenters. The first-order valence-corrected chi connectivity index (χ1v) is 5.23. The quantitative estimate of drug-likeness (QED) is 0.513. The second-order valence-electron chi connectivity index (χ2n) is 3.13. The Labute approximate surface area is 76.3 Å². The summed E-state index contributed by atoms with van der Waals surface area (Å²) in [5.74, 6) is 1.65. The fourth-order valence-corrected chi connectivity index (χ4v) is 1.68. The lowest BCUT2D eigenvalue weighted by molar-refractivity contribution is 0.426. The van der Waals surface area contributed by atoms with Crippen LogP contribution >= 0.6 is 11.6 Å². The molecule has 1 unspecified atom stereocenters. The first-order valence-electron chi connectivity index (χ1n) is 4.70. The average Bonchev–Trinajstić information content (AvgIpc) is 2.01. The van der Waals surface area contributed by atoms with Crippen LogP contribution in [0.2, 0.25) is 0 Å². The lowest BCUT2D eigenvalue weighted by Crippen LogP contribution is -2.00. The fraction of sp³-hybridized carbons (Fsp3) is 0.900. The molecule has 0 aliphatic heterocycles.